The number of hydrogen-bond donors (Lipinski definition) is 2. The summed E-state index contributed by atoms with van der Waals surface area (Å²) in [5, 5.41) is 8.24. The van der Waals surface area contributed by atoms with Gasteiger partial charge in [0.15, 0.2) is 0 Å². The number of hydrogen-bond acceptors (Lipinski definition) is 9. The Labute approximate surface area is 170 Å². The van der Waals surface area contributed by atoms with Gasteiger partial charge in [0.1, 0.15) is 11.3 Å². The van der Waals surface area contributed by atoms with Gasteiger partial charge < -0.3 is 25.1 Å². The zero-order valence-corrected chi connectivity index (χ0v) is 16.6. The molecule has 0 aliphatic carbocycles. The van der Waals surface area contributed by atoms with Gasteiger partial charge in [0, 0.05) is 64.1 Å². The Morgan fingerprint density at radius 2 is 1.72 bits per heavy atom. The quantitative estimate of drug-likeness (QED) is 0.749. The summed E-state index contributed by atoms with van der Waals surface area (Å²) in [6.45, 7) is 6.24. The third-order valence-electron chi connectivity index (χ3n) is 5.05. The zero-order valence-electron chi connectivity index (χ0n) is 16.6. The molecule has 9 heteroatoms. The maximum Gasteiger partial charge on any atom is 0.360 e. The lowest BCUT2D eigenvalue weighted by molar-refractivity contribution is -0.115. The summed E-state index contributed by atoms with van der Waals surface area (Å²) in [5.41, 5.74) is 1.58. The first-order chi connectivity index (χ1) is 14.3. The molecule has 9 nitrogen and oxygen atoms in total. The number of methoxy groups -OCH3 is 1. The Bertz CT molecular complexity index is 850. The van der Waals surface area contributed by atoms with Crippen molar-refractivity contribution in [2.45, 2.75) is 0 Å². The van der Waals surface area contributed by atoms with Crippen molar-refractivity contribution in [3.8, 4) is 17.0 Å². The second-order valence-electron chi connectivity index (χ2n) is 6.93. The van der Waals surface area contributed by atoms with Gasteiger partial charge in [-0.1, -0.05) is 12.1 Å². The minimum absolute atomic E-state index is 0.326. The van der Waals surface area contributed by atoms with E-state index in [1.165, 1.54) is 0 Å². The summed E-state index contributed by atoms with van der Waals surface area (Å²) >= 11 is 0. The zero-order chi connectivity index (χ0) is 20.1. The third-order valence-corrected chi connectivity index (χ3v) is 5.05. The van der Waals surface area contributed by atoms with Crippen LogP contribution in [0.1, 0.15) is 10.4 Å². The smallest absolute Gasteiger partial charge is 0.360 e. The number of para-hydroxylation sites is 1. The number of aromatic nitrogens is 2. The second-order valence-corrected chi connectivity index (χ2v) is 6.93. The number of ether oxygens (including phenoxy) is 1. The summed E-state index contributed by atoms with van der Waals surface area (Å²) < 4.78 is 5.51. The molecule has 0 atom stereocenters. The van der Waals surface area contributed by atoms with E-state index in [0.717, 1.165) is 44.8 Å². The lowest BCUT2D eigenvalue weighted by Gasteiger charge is -2.28. The van der Waals surface area contributed by atoms with E-state index >= 15 is 0 Å². The molecule has 2 aliphatic rings. The van der Waals surface area contributed by atoms with Gasteiger partial charge in [0.25, 0.3) is 0 Å². The first-order valence-corrected chi connectivity index (χ1v) is 9.90. The fourth-order valence-electron chi connectivity index (χ4n) is 3.49. The fraction of sp³-hybridized carbons (Fsp3) is 0.450. The molecule has 2 saturated heterocycles. The largest absolute Gasteiger partial charge is 0.496 e. The molecular weight excluding hydrogens is 372 g/mol. The molecule has 154 valence electrons. The lowest BCUT2D eigenvalue weighted by Crippen LogP contribution is -2.44. The predicted octanol–water partition coefficient (Wildman–Crippen LogP) is 0.539. The van der Waals surface area contributed by atoms with Crippen LogP contribution in [0, 0.1) is 0 Å². The number of rotatable bonds is 5. The van der Waals surface area contributed by atoms with E-state index in [-0.39, 0.29) is 0 Å². The minimum atomic E-state index is -0.459. The summed E-state index contributed by atoms with van der Waals surface area (Å²) in [6.07, 6.45) is 1.57. The van der Waals surface area contributed by atoms with Gasteiger partial charge >= 0.3 is 5.97 Å². The molecule has 4 rings (SSSR count). The van der Waals surface area contributed by atoms with E-state index in [1.54, 1.807) is 18.4 Å². The number of carbonyl (C=O) groups excluding carboxylic acids is 1. The van der Waals surface area contributed by atoms with Crippen LogP contribution in [0.25, 0.3) is 11.3 Å². The topological polar surface area (TPSA) is 91.8 Å². The maximum absolute atomic E-state index is 13.0. The van der Waals surface area contributed by atoms with Crippen LogP contribution < -0.4 is 20.3 Å². The SMILES string of the molecule is COc1ccccc1-c1nc(N2CCNCC2)ncc1C(=O)ON1CCNCC1. The number of carbonyl (C=O) groups is 1. The van der Waals surface area contributed by atoms with Gasteiger partial charge in [0.05, 0.1) is 12.8 Å². The van der Waals surface area contributed by atoms with Crippen LogP contribution in [-0.4, -0.2) is 80.5 Å². The Kier molecular flexibility index (Phi) is 6.18. The van der Waals surface area contributed by atoms with Crippen molar-refractivity contribution in [2.24, 2.45) is 0 Å². The van der Waals surface area contributed by atoms with Gasteiger partial charge in [0.2, 0.25) is 5.95 Å². The minimum Gasteiger partial charge on any atom is -0.496 e. The highest BCUT2D eigenvalue weighted by atomic mass is 16.7. The molecule has 0 amide bonds. The summed E-state index contributed by atoms with van der Waals surface area (Å²) in [4.78, 5) is 29.9. The summed E-state index contributed by atoms with van der Waals surface area (Å²) in [6, 6.07) is 7.53. The van der Waals surface area contributed by atoms with E-state index < -0.39 is 5.97 Å². The highest BCUT2D eigenvalue weighted by molar-refractivity contribution is 5.96. The first kappa shape index (κ1) is 19.6. The highest BCUT2D eigenvalue weighted by Gasteiger charge is 2.24. The van der Waals surface area contributed by atoms with Gasteiger partial charge in [-0.05, 0) is 12.1 Å². The van der Waals surface area contributed by atoms with Gasteiger partial charge in [-0.25, -0.2) is 14.8 Å². The molecule has 2 aromatic rings. The normalized spacial score (nSPS) is 17.8. The maximum atomic E-state index is 13.0. The predicted molar refractivity (Wildman–Crippen MR) is 109 cm³/mol. The Balaban J connectivity index is 1.70. The summed E-state index contributed by atoms with van der Waals surface area (Å²) in [5.74, 6) is 0.791. The standard InChI is InChI=1S/C20H26N6O3/c1-28-17-5-3-2-4-15(17)18-16(19(27)29-26-12-8-22-9-13-26)14-23-20(24-18)25-10-6-21-7-11-25/h2-5,14,21-22H,6-13H2,1H3. The number of anilines is 1. The number of hydroxylamine groups is 2. The first-order valence-electron chi connectivity index (χ1n) is 9.90. The van der Waals surface area contributed by atoms with E-state index in [0.29, 0.717) is 36.0 Å². The molecule has 0 radical (unpaired) electrons. The van der Waals surface area contributed by atoms with Gasteiger partial charge in [-0.15, -0.1) is 5.06 Å². The molecule has 1 aromatic heterocycles. The van der Waals surface area contributed by atoms with E-state index in [9.17, 15) is 4.79 Å². The van der Waals surface area contributed by atoms with Gasteiger partial charge in [-0.2, -0.15) is 0 Å². The average Bonchev–Trinajstić information content (AvgIpc) is 2.80. The van der Waals surface area contributed by atoms with Crippen molar-refractivity contribution in [2.75, 3.05) is 64.4 Å². The van der Waals surface area contributed by atoms with Crippen molar-refractivity contribution in [1.82, 2.24) is 25.7 Å². The van der Waals surface area contributed by atoms with E-state index in [4.69, 9.17) is 14.6 Å². The Hall–Kier alpha value is -2.75. The Morgan fingerprint density at radius 1 is 1.03 bits per heavy atom. The van der Waals surface area contributed by atoms with Crippen molar-refractivity contribution >= 4 is 11.9 Å². The number of piperazine rings is 2. The average molecular weight is 398 g/mol. The van der Waals surface area contributed by atoms with E-state index in [1.807, 2.05) is 24.3 Å². The van der Waals surface area contributed by atoms with Crippen LogP contribution in [-0.2, 0) is 4.84 Å². The van der Waals surface area contributed by atoms with Crippen LogP contribution in [0.3, 0.4) is 0 Å². The fourth-order valence-corrected chi connectivity index (χ4v) is 3.49. The van der Waals surface area contributed by atoms with Crippen LogP contribution >= 0.6 is 0 Å². The molecule has 0 bridgehead atoms. The molecule has 0 saturated carbocycles. The van der Waals surface area contributed by atoms with Crippen LogP contribution in [0.5, 0.6) is 5.75 Å². The molecule has 0 spiro atoms. The summed E-state index contributed by atoms with van der Waals surface area (Å²) in [7, 11) is 1.61. The molecule has 29 heavy (non-hydrogen) atoms. The molecule has 2 fully saturated rings. The lowest BCUT2D eigenvalue weighted by atomic mass is 10.1. The molecule has 2 aliphatic heterocycles. The van der Waals surface area contributed by atoms with Crippen molar-refractivity contribution < 1.29 is 14.4 Å². The van der Waals surface area contributed by atoms with Crippen LogP contribution in [0.4, 0.5) is 5.95 Å². The molecule has 0 unspecified atom stereocenters. The van der Waals surface area contributed by atoms with Crippen LogP contribution in [0.15, 0.2) is 30.5 Å². The van der Waals surface area contributed by atoms with Gasteiger partial charge in [-0.3, -0.25) is 0 Å². The molecular formula is C20H26N6O3. The molecule has 3 heterocycles. The van der Waals surface area contributed by atoms with E-state index in [2.05, 4.69) is 20.5 Å². The number of nitrogens with one attached hydrogen (secondary N) is 2. The van der Waals surface area contributed by atoms with Crippen molar-refractivity contribution in [1.29, 1.82) is 0 Å². The highest BCUT2D eigenvalue weighted by Crippen LogP contribution is 2.32. The van der Waals surface area contributed by atoms with Crippen molar-refractivity contribution in [3.63, 3.8) is 0 Å². The second kappa shape index (κ2) is 9.17. The Morgan fingerprint density at radius 3 is 2.45 bits per heavy atom. The van der Waals surface area contributed by atoms with Crippen molar-refractivity contribution in [3.05, 3.63) is 36.0 Å². The van der Waals surface area contributed by atoms with Crippen LogP contribution in [0.2, 0.25) is 0 Å². The number of nitrogens with zero attached hydrogens (tertiary/aromatic N) is 4. The molecule has 2 N–H and O–H groups in total. The molecule has 1 aromatic carbocycles. The number of benzene rings is 1. The monoisotopic (exact) mass is 398 g/mol. The third kappa shape index (κ3) is 4.47.